The highest BCUT2D eigenvalue weighted by atomic mass is 16.5. The third-order valence-corrected chi connectivity index (χ3v) is 2.86. The number of nitrogen functional groups attached to an aromatic ring is 1. The maximum Gasteiger partial charge on any atom is 0.213 e. The first-order valence-electron chi connectivity index (χ1n) is 6.44. The molecule has 0 atom stereocenters. The van der Waals surface area contributed by atoms with Gasteiger partial charge in [-0.1, -0.05) is 13.8 Å². The molecular formula is C15H20N2O. The van der Waals surface area contributed by atoms with Gasteiger partial charge in [-0.05, 0) is 43.0 Å². The minimum Gasteiger partial charge on any atom is -0.478 e. The summed E-state index contributed by atoms with van der Waals surface area (Å²) in [6.07, 6.45) is 2.25. The topological polar surface area (TPSA) is 48.1 Å². The van der Waals surface area contributed by atoms with Crippen LogP contribution in [-0.2, 0) is 0 Å². The van der Waals surface area contributed by atoms with Crippen LogP contribution in [0.2, 0.25) is 0 Å². The molecule has 0 aliphatic heterocycles. The summed E-state index contributed by atoms with van der Waals surface area (Å²) >= 11 is 0. The number of rotatable bonds is 5. The van der Waals surface area contributed by atoms with E-state index in [0.29, 0.717) is 5.88 Å². The average Bonchev–Trinajstić information content (AvgIpc) is 2.34. The second kappa shape index (κ2) is 5.71. The van der Waals surface area contributed by atoms with Crippen LogP contribution < -0.4 is 10.5 Å². The predicted octanol–water partition coefficient (Wildman–Crippen LogP) is 3.63. The first kappa shape index (κ1) is 12.7. The molecule has 0 radical (unpaired) electrons. The highest BCUT2D eigenvalue weighted by Gasteiger charge is 2.00. The fraction of sp³-hybridized carbons (Fsp3) is 0.400. The first-order chi connectivity index (χ1) is 8.65. The Balaban J connectivity index is 1.99. The second-order valence-electron chi connectivity index (χ2n) is 4.99. The fourth-order valence-corrected chi connectivity index (χ4v) is 1.87. The zero-order chi connectivity index (χ0) is 13.0. The Morgan fingerprint density at radius 2 is 2.06 bits per heavy atom. The SMILES string of the molecule is CC(C)CCCOc1ccc2cc(N)ccc2n1. The van der Waals surface area contributed by atoms with Crippen LogP contribution in [0.5, 0.6) is 5.88 Å². The lowest BCUT2D eigenvalue weighted by molar-refractivity contribution is 0.288. The number of hydrogen-bond acceptors (Lipinski definition) is 3. The third-order valence-electron chi connectivity index (χ3n) is 2.86. The number of benzene rings is 1. The number of fused-ring (bicyclic) bond motifs is 1. The Morgan fingerprint density at radius 3 is 2.83 bits per heavy atom. The van der Waals surface area contributed by atoms with Gasteiger partial charge < -0.3 is 10.5 Å². The molecule has 0 spiro atoms. The Hall–Kier alpha value is -1.77. The molecule has 0 fully saturated rings. The first-order valence-corrected chi connectivity index (χ1v) is 6.44. The normalized spacial score (nSPS) is 11.1. The molecule has 0 aliphatic rings. The minimum atomic E-state index is 0.691. The Kier molecular flexibility index (Phi) is 4.03. The average molecular weight is 244 g/mol. The number of pyridine rings is 1. The summed E-state index contributed by atoms with van der Waals surface area (Å²) < 4.78 is 5.65. The lowest BCUT2D eigenvalue weighted by Crippen LogP contribution is -2.01. The van der Waals surface area contributed by atoms with E-state index in [1.165, 1.54) is 6.42 Å². The zero-order valence-electron chi connectivity index (χ0n) is 11.0. The summed E-state index contributed by atoms with van der Waals surface area (Å²) in [6, 6.07) is 9.60. The zero-order valence-corrected chi connectivity index (χ0v) is 11.0. The van der Waals surface area contributed by atoms with E-state index < -0.39 is 0 Å². The summed E-state index contributed by atoms with van der Waals surface area (Å²) in [5.74, 6) is 1.41. The van der Waals surface area contributed by atoms with E-state index in [1.807, 2.05) is 30.3 Å². The molecule has 2 N–H and O–H groups in total. The highest BCUT2D eigenvalue weighted by Crippen LogP contribution is 2.19. The molecule has 3 nitrogen and oxygen atoms in total. The van der Waals surface area contributed by atoms with Gasteiger partial charge in [-0.3, -0.25) is 0 Å². The summed E-state index contributed by atoms with van der Waals surface area (Å²) in [5.41, 5.74) is 7.41. The van der Waals surface area contributed by atoms with Crippen LogP contribution >= 0.6 is 0 Å². The van der Waals surface area contributed by atoms with Crippen molar-refractivity contribution in [2.24, 2.45) is 5.92 Å². The van der Waals surface area contributed by atoms with Gasteiger partial charge >= 0.3 is 0 Å². The summed E-state index contributed by atoms with van der Waals surface area (Å²) in [5, 5.41) is 1.05. The monoisotopic (exact) mass is 244 g/mol. The minimum absolute atomic E-state index is 0.691. The van der Waals surface area contributed by atoms with Crippen molar-refractivity contribution in [2.45, 2.75) is 26.7 Å². The molecule has 0 unspecified atom stereocenters. The van der Waals surface area contributed by atoms with Crippen molar-refractivity contribution in [2.75, 3.05) is 12.3 Å². The number of nitrogens with zero attached hydrogens (tertiary/aromatic N) is 1. The van der Waals surface area contributed by atoms with Gasteiger partial charge in [0.1, 0.15) is 0 Å². The molecule has 1 aromatic carbocycles. The summed E-state index contributed by atoms with van der Waals surface area (Å²) in [4.78, 5) is 4.46. The molecule has 2 rings (SSSR count). The van der Waals surface area contributed by atoms with Gasteiger partial charge in [0.05, 0.1) is 12.1 Å². The van der Waals surface area contributed by atoms with Crippen molar-refractivity contribution in [3.63, 3.8) is 0 Å². The van der Waals surface area contributed by atoms with E-state index >= 15 is 0 Å². The van der Waals surface area contributed by atoms with Gasteiger partial charge in [0.2, 0.25) is 5.88 Å². The summed E-state index contributed by atoms with van der Waals surface area (Å²) in [6.45, 7) is 5.17. The van der Waals surface area contributed by atoms with Crippen molar-refractivity contribution in [1.82, 2.24) is 4.98 Å². The van der Waals surface area contributed by atoms with Crippen molar-refractivity contribution in [3.8, 4) is 5.88 Å². The van der Waals surface area contributed by atoms with Crippen molar-refractivity contribution >= 4 is 16.6 Å². The molecule has 2 aromatic rings. The summed E-state index contributed by atoms with van der Waals surface area (Å²) in [7, 11) is 0. The smallest absolute Gasteiger partial charge is 0.213 e. The number of ether oxygens (including phenoxy) is 1. The Morgan fingerprint density at radius 1 is 1.22 bits per heavy atom. The Labute approximate surface area is 108 Å². The predicted molar refractivity (Wildman–Crippen MR) is 75.7 cm³/mol. The molecule has 0 saturated heterocycles. The molecule has 0 bridgehead atoms. The van der Waals surface area contributed by atoms with Gasteiger partial charge in [-0.15, -0.1) is 0 Å². The van der Waals surface area contributed by atoms with Gasteiger partial charge in [-0.2, -0.15) is 0 Å². The molecule has 96 valence electrons. The van der Waals surface area contributed by atoms with E-state index in [1.54, 1.807) is 0 Å². The van der Waals surface area contributed by atoms with Gasteiger partial charge in [0, 0.05) is 17.1 Å². The van der Waals surface area contributed by atoms with Crippen LogP contribution in [0.1, 0.15) is 26.7 Å². The Bertz CT molecular complexity index is 523. The standard InChI is InChI=1S/C15H20N2O/c1-11(2)4-3-9-18-15-8-5-12-10-13(16)6-7-14(12)17-15/h5-8,10-11H,3-4,9,16H2,1-2H3. The molecule has 18 heavy (non-hydrogen) atoms. The fourth-order valence-electron chi connectivity index (χ4n) is 1.87. The van der Waals surface area contributed by atoms with E-state index in [0.717, 1.165) is 35.5 Å². The molecule has 0 amide bonds. The molecule has 1 aromatic heterocycles. The molecule has 3 heteroatoms. The van der Waals surface area contributed by atoms with E-state index in [4.69, 9.17) is 10.5 Å². The van der Waals surface area contributed by atoms with Gasteiger partial charge in [0.25, 0.3) is 0 Å². The van der Waals surface area contributed by atoms with Gasteiger partial charge in [0.15, 0.2) is 0 Å². The molecular weight excluding hydrogens is 224 g/mol. The lowest BCUT2D eigenvalue weighted by atomic mass is 10.1. The third kappa shape index (κ3) is 3.36. The maximum atomic E-state index is 5.73. The lowest BCUT2D eigenvalue weighted by Gasteiger charge is -2.07. The molecule has 1 heterocycles. The molecule has 0 saturated carbocycles. The van der Waals surface area contributed by atoms with E-state index in [2.05, 4.69) is 18.8 Å². The van der Waals surface area contributed by atoms with Crippen LogP contribution in [0, 0.1) is 5.92 Å². The number of anilines is 1. The van der Waals surface area contributed by atoms with Crippen molar-refractivity contribution < 1.29 is 4.74 Å². The highest BCUT2D eigenvalue weighted by molar-refractivity contribution is 5.82. The number of hydrogen-bond donors (Lipinski definition) is 1. The van der Waals surface area contributed by atoms with Gasteiger partial charge in [-0.25, -0.2) is 4.98 Å². The molecule has 0 aliphatic carbocycles. The van der Waals surface area contributed by atoms with Crippen LogP contribution in [0.3, 0.4) is 0 Å². The maximum absolute atomic E-state index is 5.73. The number of nitrogens with two attached hydrogens (primary N) is 1. The van der Waals surface area contributed by atoms with E-state index in [-0.39, 0.29) is 0 Å². The quantitative estimate of drug-likeness (QED) is 0.645. The number of aromatic nitrogens is 1. The van der Waals surface area contributed by atoms with Crippen molar-refractivity contribution in [3.05, 3.63) is 30.3 Å². The van der Waals surface area contributed by atoms with Crippen LogP contribution in [0.25, 0.3) is 10.9 Å². The van der Waals surface area contributed by atoms with Crippen LogP contribution in [0.4, 0.5) is 5.69 Å². The van der Waals surface area contributed by atoms with Crippen molar-refractivity contribution in [1.29, 1.82) is 0 Å². The van der Waals surface area contributed by atoms with Crippen LogP contribution in [0.15, 0.2) is 30.3 Å². The largest absolute Gasteiger partial charge is 0.478 e. The second-order valence-corrected chi connectivity index (χ2v) is 4.99. The van der Waals surface area contributed by atoms with E-state index in [9.17, 15) is 0 Å². The van der Waals surface area contributed by atoms with Crippen LogP contribution in [-0.4, -0.2) is 11.6 Å².